The van der Waals surface area contributed by atoms with Gasteiger partial charge in [-0.25, -0.2) is 0 Å². The van der Waals surface area contributed by atoms with Gasteiger partial charge in [-0.05, 0) is 0 Å². The smallest absolute Gasteiger partial charge is 0.145 e. The highest BCUT2D eigenvalue weighted by Gasteiger charge is 2.20. The standard InChI is InChI=1S/C6H10N4.ClH/c7-6-1-5(9-10-6)4-2-8-3-4;/h1,4,8H,2-3H2,(H3,7,9,10);1H. The minimum atomic E-state index is 0. The summed E-state index contributed by atoms with van der Waals surface area (Å²) in [5.74, 6) is 1.19. The largest absolute Gasteiger partial charge is 0.382 e. The Morgan fingerprint density at radius 2 is 2.27 bits per heavy atom. The van der Waals surface area contributed by atoms with Gasteiger partial charge in [-0.15, -0.1) is 12.4 Å². The number of anilines is 1. The van der Waals surface area contributed by atoms with Crippen molar-refractivity contribution in [1.29, 1.82) is 0 Å². The summed E-state index contributed by atoms with van der Waals surface area (Å²) in [6, 6.07) is 1.89. The molecule has 0 aromatic carbocycles. The van der Waals surface area contributed by atoms with Gasteiger partial charge in [-0.3, -0.25) is 5.10 Å². The van der Waals surface area contributed by atoms with Crippen molar-refractivity contribution in [2.75, 3.05) is 18.8 Å². The average molecular weight is 175 g/mol. The van der Waals surface area contributed by atoms with Crippen LogP contribution in [-0.4, -0.2) is 23.3 Å². The molecule has 0 atom stereocenters. The lowest BCUT2D eigenvalue weighted by molar-refractivity contribution is 0.439. The van der Waals surface area contributed by atoms with E-state index in [-0.39, 0.29) is 12.4 Å². The third kappa shape index (κ3) is 1.46. The molecule has 4 N–H and O–H groups in total. The molecule has 0 spiro atoms. The summed E-state index contributed by atoms with van der Waals surface area (Å²) in [6.07, 6.45) is 0. The molecule has 0 aliphatic carbocycles. The van der Waals surface area contributed by atoms with Crippen molar-refractivity contribution in [2.45, 2.75) is 5.92 Å². The topological polar surface area (TPSA) is 66.7 Å². The molecule has 2 heterocycles. The lowest BCUT2D eigenvalue weighted by Crippen LogP contribution is -2.40. The fraction of sp³-hybridized carbons (Fsp3) is 0.500. The number of aromatic amines is 1. The second kappa shape index (κ2) is 3.11. The van der Waals surface area contributed by atoms with Crippen LogP contribution in [0.4, 0.5) is 5.82 Å². The van der Waals surface area contributed by atoms with Gasteiger partial charge in [0.25, 0.3) is 0 Å². The molecule has 0 bridgehead atoms. The van der Waals surface area contributed by atoms with E-state index in [4.69, 9.17) is 5.73 Å². The van der Waals surface area contributed by atoms with Crippen LogP contribution in [0.1, 0.15) is 11.6 Å². The van der Waals surface area contributed by atoms with E-state index in [0.29, 0.717) is 11.7 Å². The Kier molecular flexibility index (Phi) is 2.36. The summed E-state index contributed by atoms with van der Waals surface area (Å²) in [4.78, 5) is 0. The van der Waals surface area contributed by atoms with Gasteiger partial charge in [0.2, 0.25) is 0 Å². The summed E-state index contributed by atoms with van der Waals surface area (Å²) in [5, 5.41) is 9.92. The van der Waals surface area contributed by atoms with E-state index in [1.807, 2.05) is 6.07 Å². The first-order valence-corrected chi connectivity index (χ1v) is 3.38. The van der Waals surface area contributed by atoms with Crippen molar-refractivity contribution in [3.05, 3.63) is 11.8 Å². The summed E-state index contributed by atoms with van der Waals surface area (Å²) in [6.45, 7) is 2.09. The minimum absolute atomic E-state index is 0. The fourth-order valence-electron chi connectivity index (χ4n) is 1.07. The first-order valence-electron chi connectivity index (χ1n) is 3.38. The molecule has 4 nitrogen and oxygen atoms in total. The van der Waals surface area contributed by atoms with E-state index in [2.05, 4.69) is 15.5 Å². The number of halogens is 1. The number of aromatic nitrogens is 2. The molecule has 1 fully saturated rings. The predicted octanol–water partition coefficient (Wildman–Crippen LogP) is 0.100. The zero-order valence-electron chi connectivity index (χ0n) is 6.00. The maximum absolute atomic E-state index is 5.43. The van der Waals surface area contributed by atoms with Crippen molar-refractivity contribution < 1.29 is 0 Å². The van der Waals surface area contributed by atoms with Crippen LogP contribution in [0, 0.1) is 0 Å². The highest BCUT2D eigenvalue weighted by atomic mass is 35.5. The van der Waals surface area contributed by atoms with Crippen LogP contribution in [0.3, 0.4) is 0 Å². The number of nitrogens with zero attached hydrogens (tertiary/aromatic N) is 1. The summed E-state index contributed by atoms with van der Waals surface area (Å²) in [5.41, 5.74) is 6.58. The van der Waals surface area contributed by atoms with Gasteiger partial charge < -0.3 is 11.1 Å². The molecule has 0 radical (unpaired) electrons. The van der Waals surface area contributed by atoms with Crippen molar-refractivity contribution in [1.82, 2.24) is 15.5 Å². The predicted molar refractivity (Wildman–Crippen MR) is 45.9 cm³/mol. The number of rotatable bonds is 1. The lowest BCUT2D eigenvalue weighted by atomic mass is 10.00. The van der Waals surface area contributed by atoms with Gasteiger partial charge in [0.15, 0.2) is 0 Å². The maximum atomic E-state index is 5.43. The van der Waals surface area contributed by atoms with E-state index in [9.17, 15) is 0 Å². The molecule has 1 aliphatic heterocycles. The third-order valence-electron chi connectivity index (χ3n) is 1.84. The van der Waals surface area contributed by atoms with E-state index >= 15 is 0 Å². The zero-order chi connectivity index (χ0) is 6.97. The van der Waals surface area contributed by atoms with Gasteiger partial charge in [-0.2, -0.15) is 5.10 Å². The zero-order valence-corrected chi connectivity index (χ0v) is 6.82. The maximum Gasteiger partial charge on any atom is 0.145 e. The van der Waals surface area contributed by atoms with E-state index < -0.39 is 0 Å². The third-order valence-corrected chi connectivity index (χ3v) is 1.84. The second-order valence-electron chi connectivity index (χ2n) is 2.60. The van der Waals surface area contributed by atoms with E-state index in [1.165, 1.54) is 0 Å². The van der Waals surface area contributed by atoms with Crippen LogP contribution in [-0.2, 0) is 0 Å². The first kappa shape index (κ1) is 8.36. The number of H-pyrrole nitrogens is 1. The number of nitrogens with two attached hydrogens (primary N) is 1. The molecule has 0 saturated carbocycles. The monoisotopic (exact) mass is 174 g/mol. The molecule has 0 amide bonds. The Hall–Kier alpha value is -0.740. The van der Waals surface area contributed by atoms with Crippen LogP contribution in [0.25, 0.3) is 0 Å². The highest BCUT2D eigenvalue weighted by Crippen LogP contribution is 2.18. The molecule has 1 aliphatic rings. The molecule has 1 aromatic heterocycles. The number of nitrogen functional groups attached to an aromatic ring is 1. The van der Waals surface area contributed by atoms with Crippen LogP contribution >= 0.6 is 12.4 Å². The molecular weight excluding hydrogens is 164 g/mol. The van der Waals surface area contributed by atoms with Crippen LogP contribution in [0.5, 0.6) is 0 Å². The van der Waals surface area contributed by atoms with Crippen LogP contribution < -0.4 is 11.1 Å². The minimum Gasteiger partial charge on any atom is -0.382 e. The van der Waals surface area contributed by atoms with Crippen molar-refractivity contribution in [2.24, 2.45) is 0 Å². The Bertz CT molecular complexity index is 230. The van der Waals surface area contributed by atoms with Gasteiger partial charge in [-0.1, -0.05) is 0 Å². The molecule has 62 valence electrons. The molecule has 2 rings (SSSR count). The summed E-state index contributed by atoms with van der Waals surface area (Å²) < 4.78 is 0. The van der Waals surface area contributed by atoms with Crippen molar-refractivity contribution in [3.8, 4) is 0 Å². The summed E-state index contributed by atoms with van der Waals surface area (Å²) in [7, 11) is 0. The lowest BCUT2D eigenvalue weighted by Gasteiger charge is -2.25. The number of nitrogens with one attached hydrogen (secondary N) is 2. The summed E-state index contributed by atoms with van der Waals surface area (Å²) >= 11 is 0. The molecule has 1 saturated heterocycles. The Morgan fingerprint density at radius 3 is 2.64 bits per heavy atom. The first-order chi connectivity index (χ1) is 4.86. The Labute approximate surface area is 71.0 Å². The Balaban J connectivity index is 0.000000605. The fourth-order valence-corrected chi connectivity index (χ4v) is 1.07. The SMILES string of the molecule is Cl.Nc1cc(C2CNC2)[nH]n1. The van der Waals surface area contributed by atoms with E-state index in [0.717, 1.165) is 18.8 Å². The van der Waals surface area contributed by atoms with Crippen LogP contribution in [0.15, 0.2) is 6.07 Å². The average Bonchev–Trinajstić information content (AvgIpc) is 2.10. The van der Waals surface area contributed by atoms with E-state index in [1.54, 1.807) is 0 Å². The highest BCUT2D eigenvalue weighted by molar-refractivity contribution is 5.85. The number of hydrogen-bond acceptors (Lipinski definition) is 3. The number of hydrogen-bond donors (Lipinski definition) is 3. The normalized spacial score (nSPS) is 17.1. The van der Waals surface area contributed by atoms with Crippen molar-refractivity contribution in [3.63, 3.8) is 0 Å². The van der Waals surface area contributed by atoms with Gasteiger partial charge in [0.05, 0.1) is 0 Å². The molecule has 0 unspecified atom stereocenters. The molecule has 1 aromatic rings. The molecular formula is C6H11ClN4. The van der Waals surface area contributed by atoms with Gasteiger partial charge >= 0.3 is 0 Å². The Morgan fingerprint density at radius 1 is 1.55 bits per heavy atom. The quantitative estimate of drug-likeness (QED) is 0.566. The van der Waals surface area contributed by atoms with Gasteiger partial charge in [0.1, 0.15) is 5.82 Å². The van der Waals surface area contributed by atoms with Gasteiger partial charge in [0, 0.05) is 30.8 Å². The second-order valence-corrected chi connectivity index (χ2v) is 2.60. The van der Waals surface area contributed by atoms with Crippen molar-refractivity contribution >= 4 is 18.2 Å². The van der Waals surface area contributed by atoms with Crippen LogP contribution in [0.2, 0.25) is 0 Å². The molecule has 11 heavy (non-hydrogen) atoms. The molecule has 5 heteroatoms.